The zero-order valence-electron chi connectivity index (χ0n) is 12.0. The number of nitrogens with zero attached hydrogens (tertiary/aromatic N) is 2. The molecule has 9 heteroatoms. The minimum Gasteiger partial charge on any atom is -0.472 e. The second kappa shape index (κ2) is 6.23. The van der Waals surface area contributed by atoms with Gasteiger partial charge < -0.3 is 14.6 Å². The van der Waals surface area contributed by atoms with Gasteiger partial charge in [0, 0.05) is 19.1 Å². The number of likely N-dealkylation sites (tertiary alicyclic amines) is 1. The van der Waals surface area contributed by atoms with Crippen LogP contribution in [0.25, 0.3) is 0 Å². The third-order valence-electron chi connectivity index (χ3n) is 3.66. The van der Waals surface area contributed by atoms with Gasteiger partial charge in [-0.15, -0.1) is 0 Å². The molecule has 1 fully saturated rings. The molecule has 124 valence electrons. The molecule has 0 aromatic carbocycles. The van der Waals surface area contributed by atoms with Crippen LogP contribution in [0.2, 0.25) is 0 Å². The van der Waals surface area contributed by atoms with Gasteiger partial charge in [-0.1, -0.05) is 11.3 Å². The number of halogens is 3. The number of aromatic nitrogens is 1. The van der Waals surface area contributed by atoms with Crippen LogP contribution in [-0.4, -0.2) is 34.9 Å². The second-order valence-electron chi connectivity index (χ2n) is 5.25. The number of hydrogen-bond acceptors (Lipinski definition) is 5. The summed E-state index contributed by atoms with van der Waals surface area (Å²) in [4.78, 5) is 16.9. The number of rotatable bonds is 3. The van der Waals surface area contributed by atoms with Gasteiger partial charge in [0.2, 0.25) is 0 Å². The largest absolute Gasteiger partial charge is 0.472 e. The minimum atomic E-state index is -4.36. The molecule has 0 atom stereocenters. The second-order valence-corrected chi connectivity index (χ2v) is 6.28. The molecule has 5 nitrogen and oxygen atoms in total. The van der Waals surface area contributed by atoms with E-state index in [-0.39, 0.29) is 17.1 Å². The molecule has 0 bridgehead atoms. The number of alkyl halides is 3. The molecule has 0 radical (unpaired) electrons. The van der Waals surface area contributed by atoms with Crippen LogP contribution < -0.4 is 5.32 Å². The fourth-order valence-corrected chi connectivity index (χ4v) is 3.20. The fourth-order valence-electron chi connectivity index (χ4n) is 2.44. The Balaban J connectivity index is 1.53. The average molecular weight is 345 g/mol. The summed E-state index contributed by atoms with van der Waals surface area (Å²) in [7, 11) is 0. The molecule has 3 rings (SSSR count). The van der Waals surface area contributed by atoms with Crippen molar-refractivity contribution in [3.8, 4) is 0 Å². The number of furan rings is 1. The molecule has 0 saturated carbocycles. The van der Waals surface area contributed by atoms with E-state index < -0.39 is 11.1 Å². The molecule has 2 aromatic heterocycles. The first kappa shape index (κ1) is 15.9. The first-order valence-electron chi connectivity index (χ1n) is 7.04. The van der Waals surface area contributed by atoms with Crippen molar-refractivity contribution in [2.24, 2.45) is 0 Å². The Morgan fingerprint density at radius 3 is 2.70 bits per heavy atom. The number of amides is 1. The first-order chi connectivity index (χ1) is 10.9. The summed E-state index contributed by atoms with van der Waals surface area (Å²) in [5, 5.41) is 3.28. The van der Waals surface area contributed by atoms with Gasteiger partial charge in [-0.05, 0) is 18.9 Å². The van der Waals surface area contributed by atoms with Crippen LogP contribution in [0, 0.1) is 0 Å². The third-order valence-corrected chi connectivity index (χ3v) is 4.64. The van der Waals surface area contributed by atoms with Gasteiger partial charge in [0.25, 0.3) is 5.91 Å². The molecule has 0 spiro atoms. The van der Waals surface area contributed by atoms with Gasteiger partial charge >= 0.3 is 6.18 Å². The van der Waals surface area contributed by atoms with Crippen LogP contribution in [0.4, 0.5) is 18.3 Å². The highest BCUT2D eigenvalue weighted by molar-refractivity contribution is 7.15. The molecule has 23 heavy (non-hydrogen) atoms. The molecule has 1 aliphatic heterocycles. The highest BCUT2D eigenvalue weighted by Crippen LogP contribution is 2.35. The summed E-state index contributed by atoms with van der Waals surface area (Å²) in [5.41, 5.74) is 0.506. The topological polar surface area (TPSA) is 58.4 Å². The summed E-state index contributed by atoms with van der Waals surface area (Å²) in [6.07, 6.45) is 0.640. The van der Waals surface area contributed by atoms with E-state index in [2.05, 4.69) is 10.3 Å². The first-order valence-corrected chi connectivity index (χ1v) is 7.86. The molecule has 1 N–H and O–H groups in total. The molecule has 1 aliphatic rings. The SMILES string of the molecule is O=C(c1ccoc1)N1CCC(Nc2ncc(C(F)(F)F)s2)CC1. The molecule has 3 heterocycles. The monoisotopic (exact) mass is 345 g/mol. The standard InChI is InChI=1S/C14H14F3N3O2S/c15-14(16,17)11-7-18-13(23-11)19-10-1-4-20(5-2-10)12(21)9-3-6-22-8-9/h3,6-8,10H,1-2,4-5H2,(H,18,19). The van der Waals surface area contributed by atoms with Crippen molar-refractivity contribution >= 4 is 22.4 Å². The predicted molar refractivity (Wildman–Crippen MR) is 78.4 cm³/mol. The van der Waals surface area contributed by atoms with E-state index in [1.54, 1.807) is 11.0 Å². The maximum absolute atomic E-state index is 12.5. The quantitative estimate of drug-likeness (QED) is 0.925. The van der Waals surface area contributed by atoms with Gasteiger partial charge in [0.1, 0.15) is 11.1 Å². The van der Waals surface area contributed by atoms with Gasteiger partial charge in [-0.2, -0.15) is 13.2 Å². The molecular weight excluding hydrogens is 331 g/mol. The van der Waals surface area contributed by atoms with E-state index in [9.17, 15) is 18.0 Å². The lowest BCUT2D eigenvalue weighted by Gasteiger charge is -2.32. The van der Waals surface area contributed by atoms with E-state index in [0.717, 1.165) is 6.20 Å². The Labute approximate surface area is 134 Å². The molecule has 1 amide bonds. The van der Waals surface area contributed by atoms with Crippen LogP contribution in [0.1, 0.15) is 28.1 Å². The smallest absolute Gasteiger partial charge is 0.427 e. The van der Waals surface area contributed by atoms with Crippen molar-refractivity contribution in [1.29, 1.82) is 0 Å². The van der Waals surface area contributed by atoms with Crippen molar-refractivity contribution in [2.75, 3.05) is 18.4 Å². The maximum atomic E-state index is 12.5. The number of hydrogen-bond donors (Lipinski definition) is 1. The molecule has 2 aromatic rings. The number of carbonyl (C=O) groups is 1. The Kier molecular flexibility index (Phi) is 4.29. The predicted octanol–water partition coefficient (Wildman–Crippen LogP) is 3.47. The lowest BCUT2D eigenvalue weighted by Crippen LogP contribution is -2.42. The molecule has 0 aliphatic carbocycles. The average Bonchev–Trinajstić information content (AvgIpc) is 3.18. The Bertz CT molecular complexity index is 661. The fraction of sp³-hybridized carbons (Fsp3) is 0.429. The highest BCUT2D eigenvalue weighted by atomic mass is 32.1. The molecular formula is C14H14F3N3O2S. The van der Waals surface area contributed by atoms with Crippen LogP contribution in [-0.2, 0) is 6.18 Å². The van der Waals surface area contributed by atoms with Crippen LogP contribution in [0.5, 0.6) is 0 Å². The van der Waals surface area contributed by atoms with Gasteiger partial charge in [0.05, 0.1) is 18.0 Å². The number of anilines is 1. The van der Waals surface area contributed by atoms with Crippen molar-refractivity contribution < 1.29 is 22.4 Å². The van der Waals surface area contributed by atoms with Crippen LogP contribution in [0.3, 0.4) is 0 Å². The number of carbonyl (C=O) groups excluding carboxylic acids is 1. The van der Waals surface area contributed by atoms with Gasteiger partial charge in [-0.3, -0.25) is 4.79 Å². The van der Waals surface area contributed by atoms with E-state index in [1.165, 1.54) is 12.5 Å². The number of thiazole rings is 1. The Morgan fingerprint density at radius 1 is 1.39 bits per heavy atom. The summed E-state index contributed by atoms with van der Waals surface area (Å²) in [6, 6.07) is 1.62. The molecule has 1 saturated heterocycles. The maximum Gasteiger partial charge on any atom is 0.427 e. The van der Waals surface area contributed by atoms with Crippen LogP contribution in [0.15, 0.2) is 29.2 Å². The number of nitrogens with one attached hydrogen (secondary N) is 1. The lowest BCUT2D eigenvalue weighted by molar-refractivity contribution is -0.134. The Morgan fingerprint density at radius 2 is 2.13 bits per heavy atom. The van der Waals surface area contributed by atoms with Gasteiger partial charge in [-0.25, -0.2) is 4.98 Å². The zero-order chi connectivity index (χ0) is 16.4. The van der Waals surface area contributed by atoms with E-state index in [0.29, 0.717) is 42.8 Å². The number of piperidine rings is 1. The van der Waals surface area contributed by atoms with E-state index in [4.69, 9.17) is 4.42 Å². The normalized spacial score (nSPS) is 16.6. The summed E-state index contributed by atoms with van der Waals surface area (Å²) in [6.45, 7) is 1.08. The molecule has 0 unspecified atom stereocenters. The van der Waals surface area contributed by atoms with Crippen molar-refractivity contribution in [1.82, 2.24) is 9.88 Å². The van der Waals surface area contributed by atoms with E-state index >= 15 is 0 Å². The summed E-state index contributed by atoms with van der Waals surface area (Å²) < 4.78 is 42.5. The highest BCUT2D eigenvalue weighted by Gasteiger charge is 2.33. The van der Waals surface area contributed by atoms with Gasteiger partial charge in [0.15, 0.2) is 5.13 Å². The minimum absolute atomic E-state index is 0.00985. The lowest BCUT2D eigenvalue weighted by atomic mass is 10.0. The van der Waals surface area contributed by atoms with E-state index in [1.807, 2.05) is 0 Å². The van der Waals surface area contributed by atoms with Crippen molar-refractivity contribution in [2.45, 2.75) is 25.1 Å². The zero-order valence-corrected chi connectivity index (χ0v) is 12.8. The summed E-state index contributed by atoms with van der Waals surface area (Å²) >= 11 is 0.598. The Hall–Kier alpha value is -2.03. The van der Waals surface area contributed by atoms with Crippen molar-refractivity contribution in [3.63, 3.8) is 0 Å². The van der Waals surface area contributed by atoms with Crippen molar-refractivity contribution in [3.05, 3.63) is 35.2 Å². The summed E-state index contributed by atoms with van der Waals surface area (Å²) in [5.74, 6) is -0.0918. The van der Waals surface area contributed by atoms with Crippen LogP contribution >= 0.6 is 11.3 Å². The third kappa shape index (κ3) is 3.66.